The number of pyridine rings is 1. The molecule has 1 N–H and O–H groups in total. The van der Waals surface area contributed by atoms with Crippen LogP contribution in [-0.2, 0) is 14.3 Å². The number of amides is 1. The van der Waals surface area contributed by atoms with E-state index in [-0.39, 0.29) is 24.3 Å². The molecule has 1 aromatic heterocycles. The first-order chi connectivity index (χ1) is 10.1. The van der Waals surface area contributed by atoms with Crippen LogP contribution in [-0.4, -0.2) is 48.5 Å². The smallest absolute Gasteiger partial charge is 0.309 e. The summed E-state index contributed by atoms with van der Waals surface area (Å²) in [7, 11) is 1.40. The summed E-state index contributed by atoms with van der Waals surface area (Å²) < 4.78 is 5.63. The molecule has 21 heavy (non-hydrogen) atoms. The minimum atomic E-state index is -0.199. The third-order valence-corrected chi connectivity index (χ3v) is 3.87. The van der Waals surface area contributed by atoms with Crippen molar-refractivity contribution in [3.63, 3.8) is 0 Å². The molecule has 1 fully saturated rings. The second kappa shape index (κ2) is 7.51. The van der Waals surface area contributed by atoms with E-state index in [9.17, 15) is 9.59 Å². The lowest BCUT2D eigenvalue weighted by atomic mass is 9.98. The van der Waals surface area contributed by atoms with Crippen LogP contribution in [0.25, 0.3) is 0 Å². The van der Waals surface area contributed by atoms with Gasteiger partial charge in [0.15, 0.2) is 0 Å². The molecule has 0 unspecified atom stereocenters. The Morgan fingerprint density at radius 3 is 3.00 bits per heavy atom. The molecule has 0 spiro atoms. The van der Waals surface area contributed by atoms with E-state index < -0.39 is 0 Å². The van der Waals surface area contributed by atoms with Crippen molar-refractivity contribution in [1.29, 1.82) is 0 Å². The van der Waals surface area contributed by atoms with Gasteiger partial charge in [-0.15, -0.1) is 0 Å². The van der Waals surface area contributed by atoms with E-state index in [2.05, 4.69) is 26.2 Å². The van der Waals surface area contributed by atoms with Gasteiger partial charge < -0.3 is 10.1 Å². The van der Waals surface area contributed by atoms with Crippen LogP contribution in [0.3, 0.4) is 0 Å². The molecule has 1 atom stereocenters. The topological polar surface area (TPSA) is 71.5 Å². The standard InChI is InChI=1S/C14H18BrN3O3/c1-21-14(20)10-3-2-6-18(8-10)9-13(19)17-12-5-4-11(15)7-16-12/h4-5,7,10H,2-3,6,8-9H2,1H3,(H,16,17,19)/t10-/m0/s1. The number of carbonyl (C=O) groups excluding carboxylic acids is 2. The summed E-state index contributed by atoms with van der Waals surface area (Å²) in [6, 6.07) is 3.55. The van der Waals surface area contributed by atoms with Gasteiger partial charge in [-0.05, 0) is 47.4 Å². The second-order valence-electron chi connectivity index (χ2n) is 5.01. The first-order valence-electron chi connectivity index (χ1n) is 6.80. The molecule has 6 nitrogen and oxygen atoms in total. The van der Waals surface area contributed by atoms with Crippen LogP contribution in [0, 0.1) is 5.92 Å². The Balaban J connectivity index is 1.84. The first-order valence-corrected chi connectivity index (χ1v) is 7.59. The number of carbonyl (C=O) groups is 2. The lowest BCUT2D eigenvalue weighted by molar-refractivity contribution is -0.147. The zero-order valence-electron chi connectivity index (χ0n) is 11.8. The number of nitrogens with zero attached hydrogens (tertiary/aromatic N) is 2. The number of hydrogen-bond acceptors (Lipinski definition) is 5. The Bertz CT molecular complexity index is 507. The van der Waals surface area contributed by atoms with Gasteiger partial charge in [-0.3, -0.25) is 14.5 Å². The van der Waals surface area contributed by atoms with Crippen molar-refractivity contribution in [2.24, 2.45) is 5.92 Å². The van der Waals surface area contributed by atoms with Crippen LogP contribution in [0.4, 0.5) is 5.82 Å². The number of methoxy groups -OCH3 is 1. The van der Waals surface area contributed by atoms with Gasteiger partial charge in [-0.25, -0.2) is 4.98 Å². The summed E-state index contributed by atoms with van der Waals surface area (Å²) in [6.45, 7) is 1.63. The van der Waals surface area contributed by atoms with Crippen LogP contribution < -0.4 is 5.32 Å². The van der Waals surface area contributed by atoms with Crippen molar-refractivity contribution in [2.45, 2.75) is 12.8 Å². The Kier molecular flexibility index (Phi) is 5.69. The number of rotatable bonds is 4. The average molecular weight is 356 g/mol. The van der Waals surface area contributed by atoms with Crippen molar-refractivity contribution < 1.29 is 14.3 Å². The van der Waals surface area contributed by atoms with E-state index in [1.165, 1.54) is 7.11 Å². The van der Waals surface area contributed by atoms with E-state index in [1.807, 2.05) is 11.0 Å². The third-order valence-electron chi connectivity index (χ3n) is 3.40. The molecular formula is C14H18BrN3O3. The highest BCUT2D eigenvalue weighted by Crippen LogP contribution is 2.17. The molecule has 1 aromatic rings. The minimum Gasteiger partial charge on any atom is -0.469 e. The van der Waals surface area contributed by atoms with Crippen LogP contribution in [0.5, 0.6) is 0 Å². The van der Waals surface area contributed by atoms with Gasteiger partial charge >= 0.3 is 5.97 Å². The molecule has 0 saturated carbocycles. The Morgan fingerprint density at radius 1 is 1.52 bits per heavy atom. The molecule has 0 aliphatic carbocycles. The fourth-order valence-electron chi connectivity index (χ4n) is 2.39. The zero-order chi connectivity index (χ0) is 15.2. The Labute approximate surface area is 132 Å². The highest BCUT2D eigenvalue weighted by molar-refractivity contribution is 9.10. The quantitative estimate of drug-likeness (QED) is 0.831. The normalized spacial score (nSPS) is 19.0. The van der Waals surface area contributed by atoms with Crippen LogP contribution in [0.15, 0.2) is 22.8 Å². The van der Waals surface area contributed by atoms with Gasteiger partial charge in [0.2, 0.25) is 5.91 Å². The number of anilines is 1. The minimum absolute atomic E-state index is 0.129. The van der Waals surface area contributed by atoms with Crippen LogP contribution >= 0.6 is 15.9 Å². The maximum Gasteiger partial charge on any atom is 0.309 e. The number of likely N-dealkylation sites (tertiary alicyclic amines) is 1. The molecule has 2 rings (SSSR count). The summed E-state index contributed by atoms with van der Waals surface area (Å²) in [4.78, 5) is 29.6. The summed E-state index contributed by atoms with van der Waals surface area (Å²) in [5.41, 5.74) is 0. The molecule has 1 aliphatic rings. The van der Waals surface area contributed by atoms with E-state index >= 15 is 0 Å². The van der Waals surface area contributed by atoms with Gasteiger partial charge in [-0.2, -0.15) is 0 Å². The maximum absolute atomic E-state index is 12.0. The lowest BCUT2D eigenvalue weighted by Crippen LogP contribution is -2.42. The summed E-state index contributed by atoms with van der Waals surface area (Å²) in [5, 5.41) is 2.75. The molecule has 0 aromatic carbocycles. The highest BCUT2D eigenvalue weighted by Gasteiger charge is 2.27. The van der Waals surface area contributed by atoms with Crippen molar-refractivity contribution in [2.75, 3.05) is 32.1 Å². The molecule has 0 bridgehead atoms. The predicted octanol–water partition coefficient (Wildman–Crippen LogP) is 1.67. The van der Waals surface area contributed by atoms with Gasteiger partial charge in [-0.1, -0.05) is 0 Å². The monoisotopic (exact) mass is 355 g/mol. The molecule has 2 heterocycles. The predicted molar refractivity (Wildman–Crippen MR) is 81.7 cm³/mol. The summed E-state index contributed by atoms with van der Waals surface area (Å²) in [5.74, 6) is 0.0529. The number of aromatic nitrogens is 1. The number of ether oxygens (including phenoxy) is 1. The molecule has 114 valence electrons. The fourth-order valence-corrected chi connectivity index (χ4v) is 2.63. The van der Waals surface area contributed by atoms with Crippen LogP contribution in [0.1, 0.15) is 12.8 Å². The average Bonchev–Trinajstić information content (AvgIpc) is 2.49. The van der Waals surface area contributed by atoms with E-state index in [1.54, 1.807) is 12.3 Å². The number of esters is 1. The zero-order valence-corrected chi connectivity index (χ0v) is 13.4. The highest BCUT2D eigenvalue weighted by atomic mass is 79.9. The number of piperidine rings is 1. The lowest BCUT2D eigenvalue weighted by Gasteiger charge is -2.30. The third kappa shape index (κ3) is 4.78. The summed E-state index contributed by atoms with van der Waals surface area (Å²) in [6.07, 6.45) is 3.34. The van der Waals surface area contributed by atoms with Gasteiger partial charge in [0.25, 0.3) is 0 Å². The largest absolute Gasteiger partial charge is 0.469 e. The molecule has 7 heteroatoms. The number of halogens is 1. The number of hydrogen-bond donors (Lipinski definition) is 1. The first kappa shape index (κ1) is 15.9. The summed E-state index contributed by atoms with van der Waals surface area (Å²) >= 11 is 3.29. The molecular weight excluding hydrogens is 338 g/mol. The van der Waals surface area contributed by atoms with E-state index in [0.717, 1.165) is 23.9 Å². The molecule has 0 radical (unpaired) electrons. The van der Waals surface area contributed by atoms with Crippen molar-refractivity contribution >= 4 is 33.6 Å². The van der Waals surface area contributed by atoms with Gasteiger partial charge in [0.05, 0.1) is 19.6 Å². The molecule has 1 saturated heterocycles. The Morgan fingerprint density at radius 2 is 2.33 bits per heavy atom. The van der Waals surface area contributed by atoms with Crippen molar-refractivity contribution in [3.05, 3.63) is 22.8 Å². The molecule has 1 amide bonds. The van der Waals surface area contributed by atoms with Gasteiger partial charge in [0, 0.05) is 17.2 Å². The van der Waals surface area contributed by atoms with Crippen molar-refractivity contribution in [3.8, 4) is 0 Å². The van der Waals surface area contributed by atoms with Crippen LogP contribution in [0.2, 0.25) is 0 Å². The van der Waals surface area contributed by atoms with E-state index in [4.69, 9.17) is 4.74 Å². The molecule has 1 aliphatic heterocycles. The van der Waals surface area contributed by atoms with Crippen molar-refractivity contribution in [1.82, 2.24) is 9.88 Å². The van der Waals surface area contributed by atoms with E-state index in [0.29, 0.717) is 12.4 Å². The maximum atomic E-state index is 12.0. The number of nitrogens with one attached hydrogen (secondary N) is 1. The second-order valence-corrected chi connectivity index (χ2v) is 5.92. The Hall–Kier alpha value is -1.47. The fraction of sp³-hybridized carbons (Fsp3) is 0.500. The van der Waals surface area contributed by atoms with Gasteiger partial charge in [0.1, 0.15) is 5.82 Å². The SMILES string of the molecule is COC(=O)[C@H]1CCCN(CC(=O)Nc2ccc(Br)cn2)C1.